The quantitative estimate of drug-likeness (QED) is 0.571. The molecule has 0 spiro atoms. The number of nitrogens with one attached hydrogen (secondary N) is 2. The summed E-state index contributed by atoms with van der Waals surface area (Å²) in [5.41, 5.74) is 5.81. The van der Waals surface area contributed by atoms with Crippen LogP contribution in [0.1, 0.15) is 21.6 Å². The number of carbonyl (C=O) groups is 1. The minimum Gasteiger partial charge on any atom is -0.361 e. The van der Waals surface area contributed by atoms with E-state index in [4.69, 9.17) is 0 Å². The number of amides is 1. The van der Waals surface area contributed by atoms with Crippen LogP contribution in [0.2, 0.25) is 0 Å². The zero-order chi connectivity index (χ0) is 14.7. The van der Waals surface area contributed by atoms with Gasteiger partial charge in [0.05, 0.1) is 11.8 Å². The molecule has 1 amide bonds. The number of nitrogens with zero attached hydrogens (tertiary/aromatic N) is 2. The number of carbonyl (C=O) groups excluding carboxylic acids is 1. The summed E-state index contributed by atoms with van der Waals surface area (Å²) in [6.07, 6.45) is 5.01. The van der Waals surface area contributed by atoms with E-state index in [0.29, 0.717) is 5.56 Å². The van der Waals surface area contributed by atoms with Gasteiger partial charge >= 0.3 is 0 Å². The fraction of sp³-hybridized carbons (Fsp3) is 0.0625. The second-order valence-electron chi connectivity index (χ2n) is 4.68. The number of fused-ring (bicyclic) bond motifs is 1. The smallest absolute Gasteiger partial charge is 0.272 e. The van der Waals surface area contributed by atoms with Crippen LogP contribution in [0.3, 0.4) is 0 Å². The van der Waals surface area contributed by atoms with E-state index in [0.717, 1.165) is 22.2 Å². The first-order valence-corrected chi connectivity index (χ1v) is 6.56. The molecule has 3 rings (SSSR count). The molecule has 0 saturated carbocycles. The summed E-state index contributed by atoms with van der Waals surface area (Å²) in [5, 5.41) is 5.05. The van der Waals surface area contributed by atoms with Crippen LogP contribution in [0.15, 0.2) is 53.9 Å². The van der Waals surface area contributed by atoms with Gasteiger partial charge in [0.15, 0.2) is 0 Å². The van der Waals surface area contributed by atoms with Gasteiger partial charge in [-0.2, -0.15) is 5.10 Å². The van der Waals surface area contributed by atoms with Crippen LogP contribution < -0.4 is 5.43 Å². The molecule has 0 bridgehead atoms. The first kappa shape index (κ1) is 13.1. The van der Waals surface area contributed by atoms with Crippen LogP contribution in [0.5, 0.6) is 0 Å². The maximum Gasteiger partial charge on any atom is 0.272 e. The molecular weight excluding hydrogens is 264 g/mol. The van der Waals surface area contributed by atoms with Gasteiger partial charge in [-0.25, -0.2) is 5.43 Å². The molecule has 0 aliphatic rings. The molecule has 2 heterocycles. The first-order chi connectivity index (χ1) is 10.2. The predicted octanol–water partition coefficient (Wildman–Crippen LogP) is 2.64. The van der Waals surface area contributed by atoms with Crippen molar-refractivity contribution in [2.45, 2.75) is 6.92 Å². The number of aromatic nitrogens is 2. The summed E-state index contributed by atoms with van der Waals surface area (Å²) in [5.74, 6) is -0.279. The lowest BCUT2D eigenvalue weighted by atomic mass is 10.2. The van der Waals surface area contributed by atoms with E-state index >= 15 is 0 Å². The molecule has 0 unspecified atom stereocenters. The topological polar surface area (TPSA) is 70.1 Å². The third-order valence-corrected chi connectivity index (χ3v) is 3.16. The normalized spacial score (nSPS) is 11.1. The van der Waals surface area contributed by atoms with Crippen LogP contribution >= 0.6 is 0 Å². The number of H-pyrrole nitrogens is 1. The minimum absolute atomic E-state index is 0.279. The fourth-order valence-electron chi connectivity index (χ4n) is 2.03. The molecular formula is C16H14N4O. The third kappa shape index (κ3) is 2.81. The highest BCUT2D eigenvalue weighted by atomic mass is 16.2. The highest BCUT2D eigenvalue weighted by molar-refractivity contribution is 6.00. The number of hydrogen-bond donors (Lipinski definition) is 2. The molecule has 0 aliphatic heterocycles. The summed E-state index contributed by atoms with van der Waals surface area (Å²) in [4.78, 5) is 19.1. The molecule has 21 heavy (non-hydrogen) atoms. The Kier molecular flexibility index (Phi) is 3.47. The van der Waals surface area contributed by atoms with Crippen molar-refractivity contribution < 1.29 is 4.79 Å². The number of benzene rings is 1. The third-order valence-electron chi connectivity index (χ3n) is 3.16. The Hall–Kier alpha value is -2.95. The summed E-state index contributed by atoms with van der Waals surface area (Å²) in [6.45, 7) is 1.87. The van der Waals surface area contributed by atoms with Gasteiger partial charge in [-0.1, -0.05) is 18.2 Å². The second kappa shape index (κ2) is 5.58. The van der Waals surface area contributed by atoms with Crippen molar-refractivity contribution in [3.05, 3.63) is 65.6 Å². The molecule has 5 heteroatoms. The first-order valence-electron chi connectivity index (χ1n) is 6.56. The number of para-hydroxylation sites is 1. The maximum atomic E-state index is 11.9. The number of hydrazone groups is 1. The summed E-state index contributed by atoms with van der Waals surface area (Å²) in [7, 11) is 0. The van der Waals surface area contributed by atoms with Gasteiger partial charge in [-0.3, -0.25) is 9.78 Å². The molecule has 104 valence electrons. The molecule has 3 aromatic rings. The van der Waals surface area contributed by atoms with E-state index in [-0.39, 0.29) is 5.91 Å². The highest BCUT2D eigenvalue weighted by Gasteiger charge is 2.04. The van der Waals surface area contributed by atoms with Crippen LogP contribution in [-0.2, 0) is 0 Å². The van der Waals surface area contributed by atoms with Crippen LogP contribution in [0.4, 0.5) is 0 Å². The molecule has 2 N–H and O–H groups in total. The SMILES string of the molecule is Cc1ccc(C(=O)N/N=C\c2c[nH]c3ccccc23)cn1. The van der Waals surface area contributed by atoms with E-state index in [1.807, 2.05) is 37.4 Å². The van der Waals surface area contributed by atoms with Crippen molar-refractivity contribution >= 4 is 23.0 Å². The predicted molar refractivity (Wildman–Crippen MR) is 82.3 cm³/mol. The van der Waals surface area contributed by atoms with Gasteiger partial charge in [-0.05, 0) is 25.1 Å². The molecule has 1 aromatic carbocycles. The molecule has 0 aliphatic carbocycles. The Morgan fingerprint density at radius 1 is 1.29 bits per heavy atom. The summed E-state index contributed by atoms with van der Waals surface area (Å²) >= 11 is 0. The van der Waals surface area contributed by atoms with Gasteiger partial charge in [0.2, 0.25) is 0 Å². The van der Waals surface area contributed by atoms with Crippen molar-refractivity contribution in [3.63, 3.8) is 0 Å². The zero-order valence-electron chi connectivity index (χ0n) is 11.5. The number of pyridine rings is 1. The van der Waals surface area contributed by atoms with Gasteiger partial charge in [0, 0.05) is 34.6 Å². The lowest BCUT2D eigenvalue weighted by Gasteiger charge is -1.99. The minimum atomic E-state index is -0.279. The van der Waals surface area contributed by atoms with E-state index in [9.17, 15) is 4.79 Å². The largest absolute Gasteiger partial charge is 0.361 e. The van der Waals surface area contributed by atoms with Crippen molar-refractivity contribution in [2.75, 3.05) is 0 Å². The maximum absolute atomic E-state index is 11.9. The summed E-state index contributed by atoms with van der Waals surface area (Å²) < 4.78 is 0. The highest BCUT2D eigenvalue weighted by Crippen LogP contribution is 2.15. The standard InChI is InChI=1S/C16H14N4O/c1-11-6-7-12(8-17-11)16(21)20-19-10-13-9-18-15-5-3-2-4-14(13)15/h2-10,18H,1H3,(H,20,21)/b19-10-. The number of aryl methyl sites for hydroxylation is 1. The Balaban J connectivity index is 1.72. The molecule has 0 saturated heterocycles. The second-order valence-corrected chi connectivity index (χ2v) is 4.68. The van der Waals surface area contributed by atoms with E-state index in [2.05, 4.69) is 20.5 Å². The van der Waals surface area contributed by atoms with Gasteiger partial charge in [0.25, 0.3) is 5.91 Å². The fourth-order valence-corrected chi connectivity index (χ4v) is 2.03. The van der Waals surface area contributed by atoms with Gasteiger partial charge in [-0.15, -0.1) is 0 Å². The molecule has 2 aromatic heterocycles. The number of aromatic amines is 1. The number of rotatable bonds is 3. The van der Waals surface area contributed by atoms with Crippen molar-refractivity contribution in [3.8, 4) is 0 Å². The average molecular weight is 278 g/mol. The average Bonchev–Trinajstić information content (AvgIpc) is 2.91. The zero-order valence-corrected chi connectivity index (χ0v) is 11.5. The Bertz CT molecular complexity index is 803. The lowest BCUT2D eigenvalue weighted by Crippen LogP contribution is -2.17. The van der Waals surface area contributed by atoms with E-state index < -0.39 is 0 Å². The van der Waals surface area contributed by atoms with E-state index in [1.165, 1.54) is 6.20 Å². The van der Waals surface area contributed by atoms with Crippen LogP contribution in [0.25, 0.3) is 10.9 Å². The molecule has 0 radical (unpaired) electrons. The van der Waals surface area contributed by atoms with Crippen LogP contribution in [0, 0.1) is 6.92 Å². The van der Waals surface area contributed by atoms with Crippen molar-refractivity contribution in [1.29, 1.82) is 0 Å². The molecule has 0 atom stereocenters. The Morgan fingerprint density at radius 3 is 2.95 bits per heavy atom. The molecule has 5 nitrogen and oxygen atoms in total. The summed E-state index contributed by atoms with van der Waals surface area (Å²) in [6, 6.07) is 11.4. The number of hydrogen-bond acceptors (Lipinski definition) is 3. The Morgan fingerprint density at radius 2 is 2.14 bits per heavy atom. The monoisotopic (exact) mass is 278 g/mol. The van der Waals surface area contributed by atoms with E-state index in [1.54, 1.807) is 18.3 Å². The molecule has 0 fully saturated rings. The van der Waals surface area contributed by atoms with Gasteiger partial charge in [0.1, 0.15) is 0 Å². The van der Waals surface area contributed by atoms with Crippen LogP contribution in [-0.4, -0.2) is 22.1 Å². The lowest BCUT2D eigenvalue weighted by molar-refractivity contribution is 0.0955. The Labute approximate surface area is 121 Å². The van der Waals surface area contributed by atoms with Crippen molar-refractivity contribution in [1.82, 2.24) is 15.4 Å². The van der Waals surface area contributed by atoms with Crippen molar-refractivity contribution in [2.24, 2.45) is 5.10 Å². The van der Waals surface area contributed by atoms with Gasteiger partial charge < -0.3 is 4.98 Å².